The van der Waals surface area contributed by atoms with Crippen molar-refractivity contribution in [2.75, 3.05) is 10.2 Å². The molecule has 0 saturated carbocycles. The van der Waals surface area contributed by atoms with Crippen LogP contribution in [-0.4, -0.2) is 36.0 Å². The van der Waals surface area contributed by atoms with E-state index in [9.17, 15) is 27.6 Å². The van der Waals surface area contributed by atoms with Crippen molar-refractivity contribution in [3.63, 3.8) is 0 Å². The zero-order valence-electron chi connectivity index (χ0n) is 21.3. The lowest BCUT2D eigenvalue weighted by atomic mass is 9.87. The Morgan fingerprint density at radius 2 is 1.71 bits per heavy atom. The van der Waals surface area contributed by atoms with Gasteiger partial charge < -0.3 is 5.32 Å². The van der Waals surface area contributed by atoms with Crippen molar-refractivity contribution in [3.8, 4) is 0 Å². The minimum atomic E-state index is -3.88. The van der Waals surface area contributed by atoms with E-state index in [-0.39, 0.29) is 28.1 Å². The average Bonchev–Trinajstić information content (AvgIpc) is 3.62. The second kappa shape index (κ2) is 10.4. The van der Waals surface area contributed by atoms with Gasteiger partial charge in [0.05, 0.1) is 21.5 Å². The molecule has 0 unspecified atom stereocenters. The molecule has 0 radical (unpaired) electrons. The first-order chi connectivity index (χ1) is 19.5. The van der Waals surface area contributed by atoms with Crippen LogP contribution in [-0.2, 0) is 31.0 Å². The molecule has 210 valence electrons. The van der Waals surface area contributed by atoms with Crippen LogP contribution in [0.4, 0.5) is 11.4 Å². The number of carbonyl (C=O) groups is 3. The summed E-state index contributed by atoms with van der Waals surface area (Å²) >= 11 is 3.58. The molecular weight excluding hydrogens is 605 g/mol. The molecule has 4 heterocycles. The number of thiazole rings is 1. The number of hydrogen-bond donors (Lipinski definition) is 2. The van der Waals surface area contributed by atoms with E-state index in [1.165, 1.54) is 45.1 Å². The van der Waals surface area contributed by atoms with Crippen LogP contribution in [0.25, 0.3) is 0 Å². The number of nitrogens with two attached hydrogens (primary N) is 1. The molecule has 3 atom stereocenters. The number of rotatable bonds is 6. The number of anilines is 2. The van der Waals surface area contributed by atoms with Gasteiger partial charge in [0.1, 0.15) is 11.8 Å². The summed E-state index contributed by atoms with van der Waals surface area (Å²) in [5.41, 5.74) is 1.83. The van der Waals surface area contributed by atoms with Gasteiger partial charge in [-0.25, -0.2) is 18.5 Å². The van der Waals surface area contributed by atoms with Gasteiger partial charge in [-0.2, -0.15) is 0 Å². The van der Waals surface area contributed by atoms with E-state index in [1.807, 2.05) is 36.6 Å². The molecule has 10 nitrogen and oxygen atoms in total. The Hall–Kier alpha value is -3.56. The molecular formula is C27H22N4O6S4. The maximum atomic E-state index is 13.8. The highest BCUT2D eigenvalue weighted by Crippen LogP contribution is 2.54. The zero-order valence-corrected chi connectivity index (χ0v) is 24.6. The first kappa shape index (κ1) is 27.6. The topological polar surface area (TPSA) is 149 Å². The number of thioether (sulfide) groups is 1. The third-order valence-corrected chi connectivity index (χ3v) is 11.4. The Kier molecular flexibility index (Phi) is 6.98. The summed E-state index contributed by atoms with van der Waals surface area (Å²) in [5, 5.41) is 9.40. The number of carbonyl (C=O) groups excluding carboxylic acids is 3. The second-order valence-electron chi connectivity index (χ2n) is 9.65. The highest BCUT2D eigenvalue weighted by molar-refractivity contribution is 8.00. The number of aryl methyl sites for hydroxylation is 1. The third kappa shape index (κ3) is 4.95. The first-order valence-corrected chi connectivity index (χ1v) is 16.5. The van der Waals surface area contributed by atoms with Crippen LogP contribution in [0.3, 0.4) is 0 Å². The van der Waals surface area contributed by atoms with Crippen molar-refractivity contribution in [1.29, 1.82) is 0 Å². The average molecular weight is 627 g/mol. The van der Waals surface area contributed by atoms with Gasteiger partial charge in [-0.3, -0.25) is 23.7 Å². The number of amides is 3. The van der Waals surface area contributed by atoms with Crippen molar-refractivity contribution in [1.82, 2.24) is 4.57 Å². The molecule has 3 N–H and O–H groups in total. The number of benzene rings is 2. The molecule has 2 aliphatic heterocycles. The molecule has 41 heavy (non-hydrogen) atoms. The fraction of sp³-hybridized carbons (Fsp3) is 0.185. The number of imide groups is 1. The molecule has 3 amide bonds. The maximum Gasteiger partial charge on any atom is 0.308 e. The predicted octanol–water partition coefficient (Wildman–Crippen LogP) is 3.36. The largest absolute Gasteiger partial charge is 0.325 e. The van der Waals surface area contributed by atoms with E-state index >= 15 is 0 Å². The molecule has 2 aliphatic rings. The first-order valence-electron chi connectivity index (χ1n) is 12.3. The Bertz CT molecular complexity index is 1840. The molecule has 0 aliphatic carbocycles. The van der Waals surface area contributed by atoms with Gasteiger partial charge in [-0.1, -0.05) is 46.9 Å². The minimum absolute atomic E-state index is 0.0975. The zero-order chi connectivity index (χ0) is 29.1. The van der Waals surface area contributed by atoms with Crippen LogP contribution in [0.1, 0.15) is 21.2 Å². The van der Waals surface area contributed by atoms with Crippen molar-refractivity contribution < 1.29 is 22.8 Å². The van der Waals surface area contributed by atoms with Crippen LogP contribution in [0, 0.1) is 12.8 Å². The van der Waals surface area contributed by atoms with Crippen LogP contribution >= 0.6 is 34.4 Å². The lowest BCUT2D eigenvalue weighted by molar-refractivity contribution is -0.122. The van der Waals surface area contributed by atoms with Crippen molar-refractivity contribution in [2.45, 2.75) is 34.6 Å². The van der Waals surface area contributed by atoms with Gasteiger partial charge in [0.25, 0.3) is 0 Å². The van der Waals surface area contributed by atoms with Gasteiger partial charge in [-0.05, 0) is 54.8 Å². The molecule has 1 fully saturated rings. The molecule has 2 aromatic carbocycles. The molecule has 0 bridgehead atoms. The lowest BCUT2D eigenvalue weighted by Gasteiger charge is -2.29. The smallest absolute Gasteiger partial charge is 0.308 e. The fourth-order valence-electron chi connectivity index (χ4n) is 5.05. The highest BCUT2D eigenvalue weighted by atomic mass is 32.2. The van der Waals surface area contributed by atoms with E-state index in [0.29, 0.717) is 21.3 Å². The Labute approximate surface area is 246 Å². The number of hydrogen-bond acceptors (Lipinski definition) is 9. The SMILES string of the molecule is Cc1ccc(N2C(=O)[C@@H]3[C@H](c4cccs4)c4sc(=O)n(CC(=O)Nc5ccc(S(N)(=O)=O)cc5)c4S[C@@H]3C2=O)cc1. The number of primary sulfonamides is 1. The van der Waals surface area contributed by atoms with Crippen LogP contribution in [0.15, 0.2) is 80.8 Å². The number of thiophene rings is 1. The minimum Gasteiger partial charge on any atom is -0.325 e. The van der Waals surface area contributed by atoms with Crippen LogP contribution < -0.4 is 20.2 Å². The summed E-state index contributed by atoms with van der Waals surface area (Å²) in [5.74, 6) is -2.38. The van der Waals surface area contributed by atoms with Gasteiger partial charge in [0.15, 0.2) is 0 Å². The lowest BCUT2D eigenvalue weighted by Crippen LogP contribution is -2.32. The van der Waals surface area contributed by atoms with E-state index in [2.05, 4.69) is 5.32 Å². The molecule has 1 saturated heterocycles. The van der Waals surface area contributed by atoms with Crippen LogP contribution in [0.2, 0.25) is 0 Å². The van der Waals surface area contributed by atoms with Gasteiger partial charge in [-0.15, -0.1) is 11.3 Å². The van der Waals surface area contributed by atoms with E-state index in [1.54, 1.807) is 12.1 Å². The number of aromatic nitrogens is 1. The fourth-order valence-corrected chi connectivity index (χ4v) is 9.29. The number of nitrogens with zero attached hydrogens (tertiary/aromatic N) is 2. The van der Waals surface area contributed by atoms with Crippen molar-refractivity contribution in [2.24, 2.45) is 11.1 Å². The number of nitrogens with one attached hydrogen (secondary N) is 1. The van der Waals surface area contributed by atoms with E-state index < -0.39 is 33.0 Å². The standard InChI is InChI=1S/C27H22N4O6S4/c1-14-4-8-16(9-5-14)31-24(33)21-20(18-3-2-12-38-18)23-26(39-22(21)25(31)34)30(27(35)40-23)13-19(32)29-15-6-10-17(11-7-15)41(28,36)37/h2-12,20-22H,13H2,1H3,(H,29,32)(H2,28,36,37)/t20-,21+,22-/m0/s1. The Morgan fingerprint density at radius 1 is 1.00 bits per heavy atom. The summed E-state index contributed by atoms with van der Waals surface area (Å²) in [6.45, 7) is 1.60. The van der Waals surface area contributed by atoms with Crippen molar-refractivity contribution >= 4 is 73.6 Å². The monoisotopic (exact) mass is 626 g/mol. The predicted molar refractivity (Wildman–Crippen MR) is 158 cm³/mol. The Morgan fingerprint density at radius 3 is 2.34 bits per heavy atom. The molecule has 14 heteroatoms. The number of fused-ring (bicyclic) bond motifs is 2. The number of sulfonamides is 1. The summed E-state index contributed by atoms with van der Waals surface area (Å²) in [7, 11) is -3.88. The van der Waals surface area contributed by atoms with E-state index in [0.717, 1.165) is 33.5 Å². The van der Waals surface area contributed by atoms with Gasteiger partial charge in [0, 0.05) is 21.4 Å². The Balaban J connectivity index is 1.33. The molecule has 6 rings (SSSR count). The van der Waals surface area contributed by atoms with Crippen LogP contribution in [0.5, 0.6) is 0 Å². The normalized spacial score (nSPS) is 20.1. The van der Waals surface area contributed by atoms with E-state index in [4.69, 9.17) is 5.14 Å². The van der Waals surface area contributed by atoms with Gasteiger partial charge in [0.2, 0.25) is 27.7 Å². The summed E-state index contributed by atoms with van der Waals surface area (Å²) in [6, 6.07) is 16.3. The molecule has 0 spiro atoms. The summed E-state index contributed by atoms with van der Waals surface area (Å²) in [6.07, 6.45) is 0. The van der Waals surface area contributed by atoms with Gasteiger partial charge >= 0.3 is 4.87 Å². The van der Waals surface area contributed by atoms with Crippen molar-refractivity contribution in [3.05, 3.63) is 91.0 Å². The third-order valence-electron chi connectivity index (χ3n) is 6.96. The maximum absolute atomic E-state index is 13.8. The summed E-state index contributed by atoms with van der Waals surface area (Å²) < 4.78 is 24.3. The molecule has 4 aromatic rings. The highest BCUT2D eigenvalue weighted by Gasteiger charge is 2.57. The summed E-state index contributed by atoms with van der Waals surface area (Å²) in [4.78, 5) is 56.0. The quantitative estimate of drug-likeness (QED) is 0.312. The molecule has 2 aromatic heterocycles. The second-order valence-corrected chi connectivity index (χ2v) is 14.3.